The van der Waals surface area contributed by atoms with Crippen LogP contribution in [-0.2, 0) is 30.5 Å². The van der Waals surface area contributed by atoms with Crippen molar-refractivity contribution in [2.45, 2.75) is 71.7 Å². The van der Waals surface area contributed by atoms with E-state index in [1.165, 1.54) is 4.90 Å². The van der Waals surface area contributed by atoms with Crippen molar-refractivity contribution in [2.75, 3.05) is 50.0 Å². The lowest BCUT2D eigenvalue weighted by Gasteiger charge is -2.35. The number of thiazole rings is 1. The topological polar surface area (TPSA) is 225 Å². The number of aliphatic hydroxyl groups excluding tert-OH is 1. The van der Waals surface area contributed by atoms with Crippen molar-refractivity contribution in [1.29, 1.82) is 0 Å². The van der Waals surface area contributed by atoms with E-state index in [-0.39, 0.29) is 68.6 Å². The highest BCUT2D eigenvalue weighted by atomic mass is 32.1. The van der Waals surface area contributed by atoms with Gasteiger partial charge < -0.3 is 46.4 Å². The number of benzene rings is 2. The van der Waals surface area contributed by atoms with Gasteiger partial charge in [-0.05, 0) is 54.5 Å². The van der Waals surface area contributed by atoms with Crippen molar-refractivity contribution < 1.29 is 34.1 Å². The molecule has 0 radical (unpaired) electrons. The molecule has 2 saturated heterocycles. The van der Waals surface area contributed by atoms with Gasteiger partial charge in [-0.25, -0.2) is 4.98 Å². The number of aromatic hydroxyl groups is 1. The Kier molecular flexibility index (Phi) is 13.8. The molecule has 0 aliphatic carbocycles. The van der Waals surface area contributed by atoms with E-state index < -0.39 is 35.4 Å². The number of hydrogen-bond donors (Lipinski definition) is 6. The van der Waals surface area contributed by atoms with Gasteiger partial charge in [-0.15, -0.1) is 21.5 Å². The second-order valence-corrected chi connectivity index (χ2v) is 16.9. The number of nitrogens with one attached hydrogen (secondary N) is 3. The number of likely N-dealkylation sites (tertiary alicyclic amines) is 1. The Morgan fingerprint density at radius 2 is 1.75 bits per heavy atom. The molecule has 6 rings (SSSR count). The molecule has 16 nitrogen and oxygen atoms in total. The van der Waals surface area contributed by atoms with Gasteiger partial charge in [0.05, 0.1) is 40.2 Å². The van der Waals surface area contributed by atoms with Crippen LogP contribution in [0.2, 0.25) is 0 Å². The Morgan fingerprint density at radius 1 is 1.02 bits per heavy atom. The quantitative estimate of drug-likeness (QED) is 0.101. The predicted octanol–water partition coefficient (Wildman–Crippen LogP) is 3.02. The number of rotatable bonds is 14. The Labute approximate surface area is 347 Å². The van der Waals surface area contributed by atoms with E-state index >= 15 is 0 Å². The third-order valence-electron chi connectivity index (χ3n) is 10.7. The van der Waals surface area contributed by atoms with E-state index in [2.05, 4.69) is 36.0 Å². The number of carbonyl (C=O) groups is 4. The first kappa shape index (κ1) is 42.9. The molecule has 0 unspecified atom stereocenters. The molecule has 4 amide bonds. The normalized spacial score (nSPS) is 17.7. The van der Waals surface area contributed by atoms with Crippen molar-refractivity contribution >= 4 is 46.5 Å². The van der Waals surface area contributed by atoms with Crippen LogP contribution in [0.1, 0.15) is 51.3 Å². The number of hydrogen-bond acceptors (Lipinski definition) is 13. The Bertz CT molecular complexity index is 2120. The van der Waals surface area contributed by atoms with E-state index in [9.17, 15) is 29.4 Å². The zero-order valence-corrected chi connectivity index (χ0v) is 34.6. The van der Waals surface area contributed by atoms with E-state index in [0.29, 0.717) is 42.9 Å². The third kappa shape index (κ3) is 10.7. The SMILES string of the molecule is Cc1ncsc1-c1ccc(CNC(=O)[C@@H]2C[C@@H](O)CN2C(=O)[C@@H](NC(=O)COCCNC(=O)C2CCN(c3cc(-c4ccccc4O)nnc3N)CC2)C(C)(C)C)cc1. The van der Waals surface area contributed by atoms with Gasteiger partial charge >= 0.3 is 0 Å². The zero-order chi connectivity index (χ0) is 42.3. The van der Waals surface area contributed by atoms with Crippen LogP contribution in [0.15, 0.2) is 60.1 Å². The first-order valence-electron chi connectivity index (χ1n) is 19.8. The summed E-state index contributed by atoms with van der Waals surface area (Å²) in [7, 11) is 0. The highest BCUT2D eigenvalue weighted by Crippen LogP contribution is 2.33. The molecule has 314 valence electrons. The summed E-state index contributed by atoms with van der Waals surface area (Å²) in [4.78, 5) is 62.2. The number of phenols is 1. The number of nitrogens with two attached hydrogens (primary N) is 1. The summed E-state index contributed by atoms with van der Waals surface area (Å²) in [6.07, 6.45) is 0.368. The first-order valence-corrected chi connectivity index (χ1v) is 20.6. The summed E-state index contributed by atoms with van der Waals surface area (Å²) in [5.41, 5.74) is 11.9. The second kappa shape index (κ2) is 18.9. The minimum absolute atomic E-state index is 0.0347. The van der Waals surface area contributed by atoms with Crippen LogP contribution in [0.25, 0.3) is 21.7 Å². The van der Waals surface area contributed by atoms with Gasteiger partial charge in [0.2, 0.25) is 23.6 Å². The third-order valence-corrected chi connectivity index (χ3v) is 11.7. The minimum Gasteiger partial charge on any atom is -0.507 e. The number of piperidine rings is 1. The summed E-state index contributed by atoms with van der Waals surface area (Å²) < 4.78 is 5.57. The number of aryl methyl sites for hydroxylation is 1. The number of amides is 4. The maximum absolute atomic E-state index is 13.9. The van der Waals surface area contributed by atoms with E-state index in [1.54, 1.807) is 47.2 Å². The van der Waals surface area contributed by atoms with Gasteiger partial charge in [0.1, 0.15) is 24.4 Å². The number of carbonyl (C=O) groups excluding carboxylic acids is 4. The molecular weight excluding hydrogens is 775 g/mol. The average Bonchev–Trinajstić information content (AvgIpc) is 3.84. The van der Waals surface area contributed by atoms with Gasteiger partial charge in [-0.2, -0.15) is 0 Å². The number of ether oxygens (including phenoxy) is 1. The summed E-state index contributed by atoms with van der Waals surface area (Å²) >= 11 is 1.57. The largest absolute Gasteiger partial charge is 0.507 e. The maximum atomic E-state index is 13.9. The van der Waals surface area contributed by atoms with E-state index in [1.807, 2.05) is 52.0 Å². The Hall–Kier alpha value is -5.65. The molecule has 0 saturated carbocycles. The molecule has 2 aromatic heterocycles. The summed E-state index contributed by atoms with van der Waals surface area (Å²) in [6.45, 7) is 8.68. The summed E-state index contributed by atoms with van der Waals surface area (Å²) in [6, 6.07) is 14.6. The number of nitrogen functional groups attached to an aromatic ring is 1. The molecule has 2 aromatic carbocycles. The van der Waals surface area contributed by atoms with Crippen LogP contribution in [-0.4, -0.2) is 112 Å². The molecule has 4 aromatic rings. The molecule has 2 aliphatic heterocycles. The van der Waals surface area contributed by atoms with Gasteiger partial charge in [-0.3, -0.25) is 19.2 Å². The smallest absolute Gasteiger partial charge is 0.246 e. The van der Waals surface area contributed by atoms with Gasteiger partial charge in [-0.1, -0.05) is 57.2 Å². The van der Waals surface area contributed by atoms with Crippen molar-refractivity contribution in [3.05, 3.63) is 71.4 Å². The fourth-order valence-corrected chi connectivity index (χ4v) is 8.20. The molecular formula is C42H53N9O7S. The van der Waals surface area contributed by atoms with E-state index in [0.717, 1.165) is 21.7 Å². The van der Waals surface area contributed by atoms with Crippen LogP contribution in [0.4, 0.5) is 11.5 Å². The highest BCUT2D eigenvalue weighted by molar-refractivity contribution is 7.13. The van der Waals surface area contributed by atoms with Crippen molar-refractivity contribution in [3.8, 4) is 27.4 Å². The molecule has 0 spiro atoms. The standard InChI is InChI=1S/C42H53N9O7S/c1-25-36(59-24-46-25)27-11-9-26(10-12-27)21-45-40(56)33-19-29(52)22-51(33)41(57)37(42(2,3)4)47-35(54)23-58-18-15-44-39(55)28-13-16-50(17-14-28)32-20-31(48-49-38(32)43)30-7-5-6-8-34(30)53/h5-12,20,24,28-29,33,37,52-53H,13-19,21-23H2,1-4H3,(H2,43,49)(H,44,55)(H,45,56)(H,47,54)/t29-,33+,37-/m1/s1. The molecule has 4 heterocycles. The molecule has 7 N–H and O–H groups in total. The number of para-hydroxylation sites is 1. The van der Waals surface area contributed by atoms with Crippen molar-refractivity contribution in [1.82, 2.24) is 36.0 Å². The number of anilines is 2. The molecule has 59 heavy (non-hydrogen) atoms. The number of aromatic nitrogens is 3. The van der Waals surface area contributed by atoms with Gasteiger partial charge in [0, 0.05) is 50.6 Å². The van der Waals surface area contributed by atoms with E-state index in [4.69, 9.17) is 10.5 Å². The van der Waals surface area contributed by atoms with Crippen LogP contribution < -0.4 is 26.6 Å². The average molecular weight is 828 g/mol. The lowest BCUT2D eigenvalue weighted by Crippen LogP contribution is -2.58. The lowest BCUT2D eigenvalue weighted by atomic mass is 9.85. The zero-order valence-electron chi connectivity index (χ0n) is 33.8. The number of phenolic OH excluding ortho intramolecular Hbond substituents is 1. The summed E-state index contributed by atoms with van der Waals surface area (Å²) in [5, 5.41) is 37.6. The summed E-state index contributed by atoms with van der Waals surface area (Å²) in [5.74, 6) is -1.35. The van der Waals surface area contributed by atoms with Crippen LogP contribution >= 0.6 is 11.3 Å². The molecule has 17 heteroatoms. The molecule has 0 bridgehead atoms. The Balaban J connectivity index is 0.931. The number of aliphatic hydroxyl groups is 1. The number of nitrogens with zero attached hydrogens (tertiary/aromatic N) is 5. The van der Waals surface area contributed by atoms with Crippen molar-refractivity contribution in [2.24, 2.45) is 11.3 Å². The molecule has 3 atom stereocenters. The molecule has 2 fully saturated rings. The second-order valence-electron chi connectivity index (χ2n) is 16.1. The van der Waals surface area contributed by atoms with Crippen LogP contribution in [0, 0.1) is 18.3 Å². The van der Waals surface area contributed by atoms with Crippen LogP contribution in [0.5, 0.6) is 5.75 Å². The maximum Gasteiger partial charge on any atom is 0.246 e. The van der Waals surface area contributed by atoms with Gasteiger partial charge in [0.15, 0.2) is 5.82 Å². The van der Waals surface area contributed by atoms with Crippen molar-refractivity contribution in [3.63, 3.8) is 0 Å². The number of β-amino-alcohol motifs (C(OH)–C–C–N with tert-alkyl or cyclic N) is 1. The van der Waals surface area contributed by atoms with Gasteiger partial charge in [0.25, 0.3) is 0 Å². The fraction of sp³-hybridized carbons (Fsp3) is 0.452. The fourth-order valence-electron chi connectivity index (χ4n) is 7.39. The molecule has 2 aliphatic rings. The Morgan fingerprint density at radius 3 is 2.42 bits per heavy atom. The lowest BCUT2D eigenvalue weighted by molar-refractivity contribution is -0.144. The van der Waals surface area contributed by atoms with Crippen LogP contribution in [0.3, 0.4) is 0 Å². The predicted molar refractivity (Wildman–Crippen MR) is 224 cm³/mol. The first-order chi connectivity index (χ1) is 28.2. The highest BCUT2D eigenvalue weighted by Gasteiger charge is 2.44. The minimum atomic E-state index is -0.997. The monoisotopic (exact) mass is 827 g/mol.